The highest BCUT2D eigenvalue weighted by Crippen LogP contribution is 2.45. The van der Waals surface area contributed by atoms with E-state index in [1.807, 2.05) is 49.4 Å². The summed E-state index contributed by atoms with van der Waals surface area (Å²) in [5, 5.41) is 22.6. The van der Waals surface area contributed by atoms with Crippen LogP contribution in [0.25, 0.3) is 0 Å². The predicted octanol–water partition coefficient (Wildman–Crippen LogP) is 0.650. The van der Waals surface area contributed by atoms with Gasteiger partial charge in [0.15, 0.2) is 5.78 Å². The Morgan fingerprint density at radius 3 is 2.66 bits per heavy atom. The molecule has 0 bridgehead atoms. The van der Waals surface area contributed by atoms with E-state index in [0.717, 1.165) is 47.9 Å². The van der Waals surface area contributed by atoms with Crippen LogP contribution in [0.15, 0.2) is 52.9 Å². The molecule has 2 aliphatic carbocycles. The Morgan fingerprint density at radius 1 is 1.10 bits per heavy atom. The lowest BCUT2D eigenvalue weighted by Gasteiger charge is -2.35. The number of hydrazone groups is 1. The summed E-state index contributed by atoms with van der Waals surface area (Å²) in [4.78, 5) is 15.6. The van der Waals surface area contributed by atoms with Crippen molar-refractivity contribution >= 4 is 11.5 Å². The molecule has 3 aliphatic rings. The highest BCUT2D eigenvalue weighted by atomic mass is 16.3. The SMILES string of the molecule is CN(C)CCNC1=CC=C2C3C(=NN2CCNCCO)c2ccccc2C(=O)C13. The smallest absolute Gasteiger partial charge is 0.173 e. The van der Waals surface area contributed by atoms with Gasteiger partial charge in [-0.3, -0.25) is 9.80 Å². The molecule has 7 heteroatoms. The van der Waals surface area contributed by atoms with Crippen molar-refractivity contribution in [1.82, 2.24) is 20.5 Å². The standard InChI is InChI=1S/C22H29N5O2/c1-26(2)12-10-24-17-7-8-18-20-19(17)22(29)16-6-4-3-5-15(16)21(20)25-27(18)13-9-23-11-14-28/h3-8,19-20,23-24,28H,9-14H2,1-2H3. The first-order chi connectivity index (χ1) is 14.1. The quantitative estimate of drug-likeness (QED) is 0.533. The number of nitrogens with zero attached hydrogens (tertiary/aromatic N) is 3. The fourth-order valence-electron chi connectivity index (χ4n) is 4.29. The van der Waals surface area contributed by atoms with Crippen LogP contribution in [-0.2, 0) is 0 Å². The number of aliphatic hydroxyl groups excluding tert-OH is 1. The minimum Gasteiger partial charge on any atom is -0.395 e. The Hall–Kier alpha value is -2.48. The molecular weight excluding hydrogens is 366 g/mol. The van der Waals surface area contributed by atoms with Gasteiger partial charge >= 0.3 is 0 Å². The van der Waals surface area contributed by atoms with Gasteiger partial charge in [-0.15, -0.1) is 0 Å². The number of hydrogen-bond donors (Lipinski definition) is 3. The van der Waals surface area contributed by atoms with Gasteiger partial charge in [0.05, 0.1) is 30.7 Å². The van der Waals surface area contributed by atoms with Crippen LogP contribution < -0.4 is 10.6 Å². The maximum atomic E-state index is 13.5. The number of allylic oxidation sites excluding steroid dienone is 4. The highest BCUT2D eigenvalue weighted by molar-refractivity contribution is 6.20. The van der Waals surface area contributed by atoms with Crippen LogP contribution >= 0.6 is 0 Å². The third kappa shape index (κ3) is 3.73. The molecule has 0 aromatic heterocycles. The number of nitrogens with one attached hydrogen (secondary N) is 2. The van der Waals surface area contributed by atoms with Crippen LogP contribution in [-0.4, -0.2) is 79.9 Å². The molecule has 3 N–H and O–H groups in total. The molecule has 0 spiro atoms. The average molecular weight is 396 g/mol. The van der Waals surface area contributed by atoms with E-state index in [1.165, 1.54) is 0 Å². The van der Waals surface area contributed by atoms with Crippen LogP contribution in [0, 0.1) is 11.8 Å². The highest BCUT2D eigenvalue weighted by Gasteiger charge is 2.49. The van der Waals surface area contributed by atoms with Gasteiger partial charge in [-0.2, -0.15) is 5.10 Å². The van der Waals surface area contributed by atoms with Gasteiger partial charge in [0.25, 0.3) is 0 Å². The number of aliphatic hydroxyl groups is 1. The molecule has 1 aromatic rings. The van der Waals surface area contributed by atoms with Crippen LogP contribution in [0.1, 0.15) is 15.9 Å². The molecule has 2 atom stereocenters. The molecule has 0 saturated heterocycles. The molecule has 1 aromatic carbocycles. The maximum absolute atomic E-state index is 13.5. The summed E-state index contributed by atoms with van der Waals surface area (Å²) in [6.07, 6.45) is 4.15. The van der Waals surface area contributed by atoms with Crippen molar-refractivity contribution in [2.75, 3.05) is 53.4 Å². The Balaban J connectivity index is 1.65. The zero-order valence-electron chi connectivity index (χ0n) is 17.1. The van der Waals surface area contributed by atoms with Crippen LogP contribution in [0.3, 0.4) is 0 Å². The summed E-state index contributed by atoms with van der Waals surface area (Å²) in [7, 11) is 4.09. The number of carbonyl (C=O) groups is 1. The minimum atomic E-state index is -0.249. The molecule has 29 heavy (non-hydrogen) atoms. The lowest BCUT2D eigenvalue weighted by atomic mass is 9.69. The Morgan fingerprint density at radius 2 is 1.90 bits per heavy atom. The number of rotatable bonds is 9. The van der Waals surface area contributed by atoms with Crippen molar-refractivity contribution in [2.24, 2.45) is 16.9 Å². The molecule has 2 unspecified atom stereocenters. The zero-order chi connectivity index (χ0) is 20.4. The van der Waals surface area contributed by atoms with E-state index in [-0.39, 0.29) is 24.2 Å². The van der Waals surface area contributed by atoms with E-state index >= 15 is 0 Å². The number of carbonyl (C=O) groups excluding carboxylic acids is 1. The molecule has 0 radical (unpaired) electrons. The summed E-state index contributed by atoms with van der Waals surface area (Å²) in [5.74, 6) is -0.123. The van der Waals surface area contributed by atoms with E-state index in [9.17, 15) is 4.79 Å². The summed E-state index contributed by atoms with van der Waals surface area (Å²) in [5.41, 5.74) is 4.75. The first kappa shape index (κ1) is 19.8. The normalized spacial score (nSPS) is 22.1. The van der Waals surface area contributed by atoms with Gasteiger partial charge in [-0.05, 0) is 26.2 Å². The lowest BCUT2D eigenvalue weighted by molar-refractivity contribution is 0.0913. The van der Waals surface area contributed by atoms with Crippen molar-refractivity contribution in [3.05, 3.63) is 58.9 Å². The second-order valence-electron chi connectivity index (χ2n) is 7.89. The predicted molar refractivity (Wildman–Crippen MR) is 114 cm³/mol. The largest absolute Gasteiger partial charge is 0.395 e. The van der Waals surface area contributed by atoms with E-state index in [1.54, 1.807) is 0 Å². The average Bonchev–Trinajstić information content (AvgIpc) is 3.09. The van der Waals surface area contributed by atoms with Crippen molar-refractivity contribution in [2.45, 2.75) is 0 Å². The molecular formula is C22H29N5O2. The van der Waals surface area contributed by atoms with Gasteiger partial charge < -0.3 is 20.6 Å². The molecule has 1 aliphatic heterocycles. The number of fused-ring (bicyclic) bond motifs is 2. The zero-order valence-corrected chi connectivity index (χ0v) is 17.1. The van der Waals surface area contributed by atoms with Gasteiger partial charge in [-0.1, -0.05) is 24.3 Å². The topological polar surface area (TPSA) is 80.2 Å². The molecule has 4 rings (SSSR count). The van der Waals surface area contributed by atoms with Crippen LogP contribution in [0.2, 0.25) is 0 Å². The first-order valence-electron chi connectivity index (χ1n) is 10.2. The monoisotopic (exact) mass is 395 g/mol. The molecule has 0 saturated carbocycles. The second kappa shape index (κ2) is 8.49. The Bertz CT molecular complexity index is 874. The van der Waals surface area contributed by atoms with Gasteiger partial charge in [0.2, 0.25) is 0 Å². The van der Waals surface area contributed by atoms with E-state index in [0.29, 0.717) is 13.1 Å². The Labute approximate surface area is 171 Å². The van der Waals surface area contributed by atoms with Gasteiger partial charge in [-0.25, -0.2) is 0 Å². The summed E-state index contributed by atoms with van der Waals surface area (Å²) in [6, 6.07) is 7.81. The van der Waals surface area contributed by atoms with E-state index < -0.39 is 0 Å². The number of Topliss-reactive ketones (excluding diaryl/α,β-unsaturated/α-hetero) is 1. The fourth-order valence-corrected chi connectivity index (χ4v) is 4.29. The van der Waals surface area contributed by atoms with Gasteiger partial charge in [0.1, 0.15) is 0 Å². The molecule has 0 amide bonds. The number of ketones is 1. The van der Waals surface area contributed by atoms with Crippen LogP contribution in [0.5, 0.6) is 0 Å². The molecule has 7 nitrogen and oxygen atoms in total. The van der Waals surface area contributed by atoms with Crippen molar-refractivity contribution in [3.63, 3.8) is 0 Å². The number of benzene rings is 1. The first-order valence-corrected chi connectivity index (χ1v) is 10.2. The summed E-state index contributed by atoms with van der Waals surface area (Å²) in [6.45, 7) is 3.80. The van der Waals surface area contributed by atoms with Crippen molar-refractivity contribution < 1.29 is 9.90 Å². The number of hydrogen-bond acceptors (Lipinski definition) is 7. The number of likely N-dealkylation sites (N-methyl/N-ethyl adjacent to an activating group) is 1. The van der Waals surface area contributed by atoms with E-state index in [2.05, 4.69) is 21.6 Å². The fraction of sp³-hybridized carbons (Fsp3) is 0.455. The molecule has 154 valence electrons. The maximum Gasteiger partial charge on any atom is 0.173 e. The Kier molecular flexibility index (Phi) is 5.80. The van der Waals surface area contributed by atoms with Gasteiger partial charge in [0, 0.05) is 48.7 Å². The second-order valence-corrected chi connectivity index (χ2v) is 7.89. The third-order valence-corrected chi connectivity index (χ3v) is 5.67. The lowest BCUT2D eigenvalue weighted by Crippen LogP contribution is -2.43. The van der Waals surface area contributed by atoms with Crippen molar-refractivity contribution in [1.29, 1.82) is 0 Å². The summed E-state index contributed by atoms with van der Waals surface area (Å²) >= 11 is 0. The van der Waals surface area contributed by atoms with Crippen LogP contribution in [0.4, 0.5) is 0 Å². The summed E-state index contributed by atoms with van der Waals surface area (Å²) < 4.78 is 0. The minimum absolute atomic E-state index is 0.0397. The molecule has 0 fully saturated rings. The van der Waals surface area contributed by atoms with E-state index in [4.69, 9.17) is 10.2 Å². The van der Waals surface area contributed by atoms with Crippen molar-refractivity contribution in [3.8, 4) is 0 Å². The third-order valence-electron chi connectivity index (χ3n) is 5.67. The molecule has 1 heterocycles.